The van der Waals surface area contributed by atoms with Crippen LogP contribution in [0.4, 0.5) is 5.69 Å². The van der Waals surface area contributed by atoms with Crippen LogP contribution in [0.2, 0.25) is 0 Å². The molecule has 2 fully saturated rings. The Kier molecular flexibility index (Phi) is 3.21. The summed E-state index contributed by atoms with van der Waals surface area (Å²) in [7, 11) is 0. The van der Waals surface area contributed by atoms with Gasteiger partial charge in [0.2, 0.25) is 0 Å². The van der Waals surface area contributed by atoms with E-state index < -0.39 is 0 Å². The van der Waals surface area contributed by atoms with Gasteiger partial charge in [-0.3, -0.25) is 0 Å². The van der Waals surface area contributed by atoms with Gasteiger partial charge in [0.05, 0.1) is 5.52 Å². The van der Waals surface area contributed by atoms with Gasteiger partial charge in [-0.25, -0.2) is 0 Å². The predicted molar refractivity (Wildman–Crippen MR) is 92.8 cm³/mol. The lowest BCUT2D eigenvalue weighted by molar-refractivity contribution is 0.247. The van der Waals surface area contributed by atoms with E-state index in [0.717, 1.165) is 11.3 Å². The average molecular weight is 300 g/mol. The maximum Gasteiger partial charge on any atom is 0.0503 e. The maximum absolute atomic E-state index is 3.35. The summed E-state index contributed by atoms with van der Waals surface area (Å²) in [5.41, 5.74) is 3.34. The highest BCUT2D eigenvalue weighted by molar-refractivity contribution is 7.99. The molecule has 0 amide bonds. The van der Waals surface area contributed by atoms with Crippen molar-refractivity contribution in [2.45, 2.75) is 45.1 Å². The molecule has 0 aliphatic heterocycles. The van der Waals surface area contributed by atoms with Crippen LogP contribution in [0.15, 0.2) is 30.5 Å². The van der Waals surface area contributed by atoms with Gasteiger partial charge < -0.3 is 9.29 Å². The number of rotatable bonds is 3. The van der Waals surface area contributed by atoms with Crippen molar-refractivity contribution in [2.75, 3.05) is 11.0 Å². The van der Waals surface area contributed by atoms with Crippen molar-refractivity contribution in [1.29, 1.82) is 0 Å². The molecule has 0 radical (unpaired) electrons. The Morgan fingerprint density at radius 2 is 2.00 bits per heavy atom. The van der Waals surface area contributed by atoms with Crippen molar-refractivity contribution in [3.63, 3.8) is 0 Å². The van der Waals surface area contributed by atoms with Crippen molar-refractivity contribution in [1.82, 2.24) is 4.57 Å². The van der Waals surface area contributed by atoms with E-state index in [1.807, 2.05) is 0 Å². The van der Waals surface area contributed by atoms with Crippen LogP contribution in [0.3, 0.4) is 0 Å². The molecule has 1 unspecified atom stereocenters. The Balaban J connectivity index is 1.60. The summed E-state index contributed by atoms with van der Waals surface area (Å²) in [5.74, 6) is 0.984. The Morgan fingerprint density at radius 3 is 2.67 bits per heavy atom. The van der Waals surface area contributed by atoms with E-state index in [2.05, 4.69) is 52.9 Å². The molecule has 1 atom stereocenters. The number of hydrogen-bond donors (Lipinski definition) is 1. The highest BCUT2D eigenvalue weighted by Gasteiger charge is 2.51. The lowest BCUT2D eigenvalue weighted by Crippen LogP contribution is -2.19. The third-order valence-electron chi connectivity index (χ3n) is 5.89. The number of aromatic nitrogens is 1. The van der Waals surface area contributed by atoms with Crippen LogP contribution >= 0.6 is 11.9 Å². The Hall–Kier alpha value is -1.09. The van der Waals surface area contributed by atoms with E-state index in [0.29, 0.717) is 6.04 Å². The second kappa shape index (κ2) is 4.98. The van der Waals surface area contributed by atoms with Crippen molar-refractivity contribution in [3.8, 4) is 0 Å². The Bertz CT molecular complexity index is 652. The molecule has 2 saturated carbocycles. The SMILES string of the molecule is CSNc1ccc2ccn(C3CCC4(CC3)CC4C)c2c1. The van der Waals surface area contributed by atoms with E-state index in [1.54, 1.807) is 11.9 Å². The van der Waals surface area contributed by atoms with E-state index in [4.69, 9.17) is 0 Å². The third kappa shape index (κ3) is 2.26. The largest absolute Gasteiger partial charge is 0.344 e. The topological polar surface area (TPSA) is 17.0 Å². The minimum absolute atomic E-state index is 0.699. The Morgan fingerprint density at radius 1 is 1.24 bits per heavy atom. The van der Waals surface area contributed by atoms with E-state index in [9.17, 15) is 0 Å². The van der Waals surface area contributed by atoms with Gasteiger partial charge in [0.1, 0.15) is 0 Å². The molecule has 3 heteroatoms. The zero-order valence-corrected chi connectivity index (χ0v) is 13.7. The molecule has 1 N–H and O–H groups in total. The standard InChI is InChI=1S/C18H24N2S/c1-13-12-18(13)8-5-16(6-9-18)20-10-7-14-3-4-15(19-21-2)11-17(14)20/h3-4,7,10-11,13,16,19H,5-6,8-9,12H2,1-2H3. The molecule has 2 nitrogen and oxygen atoms in total. The molecule has 1 spiro atoms. The number of nitrogens with one attached hydrogen (secondary N) is 1. The molecule has 2 aromatic rings. The summed E-state index contributed by atoms with van der Waals surface area (Å²) in [6.07, 6.45) is 11.4. The fourth-order valence-corrected chi connectivity index (χ4v) is 4.71. The van der Waals surface area contributed by atoms with Crippen LogP contribution in [0, 0.1) is 11.3 Å². The smallest absolute Gasteiger partial charge is 0.0503 e. The minimum atomic E-state index is 0.699. The number of fused-ring (bicyclic) bond motifs is 1. The predicted octanol–water partition coefficient (Wildman–Crippen LogP) is 5.47. The van der Waals surface area contributed by atoms with Gasteiger partial charge >= 0.3 is 0 Å². The quantitative estimate of drug-likeness (QED) is 0.757. The maximum atomic E-state index is 3.35. The summed E-state index contributed by atoms with van der Waals surface area (Å²) in [4.78, 5) is 0. The van der Waals surface area contributed by atoms with Crippen molar-refractivity contribution in [3.05, 3.63) is 30.5 Å². The van der Waals surface area contributed by atoms with Crippen LogP contribution < -0.4 is 4.72 Å². The second-order valence-electron chi connectivity index (χ2n) is 7.00. The molecule has 1 aromatic carbocycles. The summed E-state index contributed by atoms with van der Waals surface area (Å²) < 4.78 is 5.88. The van der Waals surface area contributed by atoms with E-state index in [-0.39, 0.29) is 0 Å². The molecule has 0 saturated heterocycles. The molecular formula is C18H24N2S. The first kappa shape index (κ1) is 13.6. The van der Waals surface area contributed by atoms with Gasteiger partial charge in [-0.05, 0) is 67.0 Å². The van der Waals surface area contributed by atoms with Crippen molar-refractivity contribution in [2.24, 2.45) is 11.3 Å². The molecular weight excluding hydrogens is 276 g/mol. The third-order valence-corrected chi connectivity index (χ3v) is 6.33. The van der Waals surface area contributed by atoms with Gasteiger partial charge in [-0.1, -0.05) is 24.9 Å². The number of hydrogen-bond acceptors (Lipinski definition) is 2. The fraction of sp³-hybridized carbons (Fsp3) is 0.556. The van der Waals surface area contributed by atoms with E-state index in [1.165, 1.54) is 48.7 Å². The number of benzene rings is 1. The van der Waals surface area contributed by atoms with Gasteiger partial charge in [-0.15, -0.1) is 0 Å². The first-order chi connectivity index (χ1) is 10.2. The van der Waals surface area contributed by atoms with Crippen molar-refractivity contribution < 1.29 is 0 Å². The van der Waals surface area contributed by atoms with Gasteiger partial charge in [-0.2, -0.15) is 0 Å². The molecule has 2 aliphatic rings. The van der Waals surface area contributed by atoms with Crippen LogP contribution in [0.1, 0.15) is 45.1 Å². The molecule has 2 aliphatic carbocycles. The summed E-state index contributed by atoms with van der Waals surface area (Å²) in [6, 6.07) is 9.67. The number of anilines is 1. The fourth-order valence-electron chi connectivity index (χ4n) is 4.35. The molecule has 1 aromatic heterocycles. The second-order valence-corrected chi connectivity index (χ2v) is 7.61. The average Bonchev–Trinajstić information content (AvgIpc) is 2.94. The summed E-state index contributed by atoms with van der Waals surface area (Å²) in [6.45, 7) is 2.44. The zero-order valence-electron chi connectivity index (χ0n) is 12.9. The van der Waals surface area contributed by atoms with Crippen molar-refractivity contribution >= 4 is 28.5 Å². The lowest BCUT2D eigenvalue weighted by atomic mass is 9.82. The summed E-state index contributed by atoms with van der Waals surface area (Å²) >= 11 is 1.66. The molecule has 0 bridgehead atoms. The molecule has 21 heavy (non-hydrogen) atoms. The monoisotopic (exact) mass is 300 g/mol. The summed E-state index contributed by atoms with van der Waals surface area (Å²) in [5, 5.41) is 1.36. The van der Waals surface area contributed by atoms with Gasteiger partial charge in [0, 0.05) is 24.2 Å². The van der Waals surface area contributed by atoms with Gasteiger partial charge in [0.25, 0.3) is 0 Å². The molecule has 1 heterocycles. The van der Waals surface area contributed by atoms with Crippen LogP contribution in [0.25, 0.3) is 10.9 Å². The lowest BCUT2D eigenvalue weighted by Gasteiger charge is -2.31. The Labute approximate surface area is 131 Å². The molecule has 4 rings (SSSR count). The van der Waals surface area contributed by atoms with E-state index >= 15 is 0 Å². The first-order valence-electron chi connectivity index (χ1n) is 8.11. The van der Waals surface area contributed by atoms with Crippen LogP contribution in [0.5, 0.6) is 0 Å². The molecule has 112 valence electrons. The van der Waals surface area contributed by atoms with Crippen LogP contribution in [-0.2, 0) is 0 Å². The van der Waals surface area contributed by atoms with Gasteiger partial charge in [0.15, 0.2) is 0 Å². The number of nitrogens with zero attached hydrogens (tertiary/aromatic N) is 1. The van der Waals surface area contributed by atoms with Crippen LogP contribution in [-0.4, -0.2) is 10.8 Å². The highest BCUT2D eigenvalue weighted by Crippen LogP contribution is 2.62. The normalized spacial score (nSPS) is 31.7. The zero-order chi connectivity index (χ0) is 14.4. The minimum Gasteiger partial charge on any atom is -0.344 e. The highest BCUT2D eigenvalue weighted by atomic mass is 32.2. The first-order valence-corrected chi connectivity index (χ1v) is 9.34.